The van der Waals surface area contributed by atoms with Crippen LogP contribution in [0.4, 0.5) is 13.2 Å². The van der Waals surface area contributed by atoms with Crippen LogP contribution >= 0.6 is 11.8 Å². The molecule has 1 heterocycles. The third kappa shape index (κ3) is 5.50. The topological polar surface area (TPSA) is 68.0 Å². The SMILES string of the molecule is CC(C)Cn1c(CC(F)(F)F)nnc1SCC(=O)O. The highest BCUT2D eigenvalue weighted by atomic mass is 32.2. The first kappa shape index (κ1) is 15.8. The minimum absolute atomic E-state index is 0.104. The van der Waals surface area contributed by atoms with E-state index in [9.17, 15) is 18.0 Å². The van der Waals surface area contributed by atoms with Gasteiger partial charge in [0, 0.05) is 6.54 Å². The molecule has 5 nitrogen and oxygen atoms in total. The molecule has 0 bridgehead atoms. The van der Waals surface area contributed by atoms with Crippen LogP contribution in [0.25, 0.3) is 0 Å². The second-order valence-electron chi connectivity index (χ2n) is 4.38. The van der Waals surface area contributed by atoms with Gasteiger partial charge in [-0.15, -0.1) is 10.2 Å². The fourth-order valence-corrected chi connectivity index (χ4v) is 2.10. The second-order valence-corrected chi connectivity index (χ2v) is 5.32. The number of thioether (sulfide) groups is 1. The van der Waals surface area contributed by atoms with E-state index in [1.54, 1.807) is 0 Å². The van der Waals surface area contributed by atoms with Gasteiger partial charge in [0.25, 0.3) is 0 Å². The Morgan fingerprint density at radius 3 is 2.53 bits per heavy atom. The number of aliphatic carboxylic acids is 1. The maximum absolute atomic E-state index is 12.4. The van der Waals surface area contributed by atoms with Crippen molar-refractivity contribution in [3.8, 4) is 0 Å². The molecule has 0 fully saturated rings. The van der Waals surface area contributed by atoms with E-state index < -0.39 is 18.6 Å². The molecule has 19 heavy (non-hydrogen) atoms. The van der Waals surface area contributed by atoms with Crippen molar-refractivity contribution in [2.75, 3.05) is 5.75 Å². The first-order valence-corrected chi connectivity index (χ1v) is 6.51. The average molecular weight is 297 g/mol. The predicted molar refractivity (Wildman–Crippen MR) is 63.0 cm³/mol. The molecule has 0 spiro atoms. The van der Waals surface area contributed by atoms with Gasteiger partial charge in [-0.25, -0.2) is 0 Å². The summed E-state index contributed by atoms with van der Waals surface area (Å²) in [5, 5.41) is 15.9. The maximum atomic E-state index is 12.4. The fourth-order valence-electron chi connectivity index (χ4n) is 1.41. The van der Waals surface area contributed by atoms with Crippen molar-refractivity contribution in [2.45, 2.75) is 38.1 Å². The lowest BCUT2D eigenvalue weighted by molar-refractivity contribution is -0.134. The Balaban J connectivity index is 2.94. The number of carbonyl (C=O) groups is 1. The largest absolute Gasteiger partial charge is 0.481 e. The van der Waals surface area contributed by atoms with Crippen molar-refractivity contribution in [3.05, 3.63) is 5.82 Å². The number of alkyl halides is 3. The average Bonchev–Trinajstić information content (AvgIpc) is 2.55. The van der Waals surface area contributed by atoms with E-state index in [4.69, 9.17) is 5.11 Å². The monoisotopic (exact) mass is 297 g/mol. The van der Waals surface area contributed by atoms with Crippen LogP contribution in [0.5, 0.6) is 0 Å². The van der Waals surface area contributed by atoms with Crippen molar-refractivity contribution in [3.63, 3.8) is 0 Å². The molecule has 0 aliphatic rings. The summed E-state index contributed by atoms with van der Waals surface area (Å²) in [5.41, 5.74) is 0. The Labute approximate surface area is 112 Å². The van der Waals surface area contributed by atoms with Crippen molar-refractivity contribution < 1.29 is 23.1 Å². The summed E-state index contributed by atoms with van der Waals surface area (Å²) in [4.78, 5) is 10.5. The van der Waals surface area contributed by atoms with Gasteiger partial charge < -0.3 is 9.67 Å². The van der Waals surface area contributed by atoms with E-state index in [0.717, 1.165) is 11.8 Å². The van der Waals surface area contributed by atoms with Crippen molar-refractivity contribution in [1.82, 2.24) is 14.8 Å². The van der Waals surface area contributed by atoms with Gasteiger partial charge in [-0.1, -0.05) is 25.6 Å². The standard InChI is InChI=1S/C10H14F3N3O2S/c1-6(2)4-16-7(3-10(11,12)13)14-15-9(16)19-5-8(17)18/h6H,3-5H2,1-2H3,(H,17,18). The lowest BCUT2D eigenvalue weighted by Gasteiger charge is -2.13. The summed E-state index contributed by atoms with van der Waals surface area (Å²) in [7, 11) is 0. The number of aromatic nitrogens is 3. The zero-order chi connectivity index (χ0) is 14.6. The van der Waals surface area contributed by atoms with Crippen LogP contribution in [-0.2, 0) is 17.8 Å². The first-order chi connectivity index (χ1) is 8.69. The summed E-state index contributed by atoms with van der Waals surface area (Å²) in [6.45, 7) is 4.02. The van der Waals surface area contributed by atoms with Crippen LogP contribution in [0.1, 0.15) is 19.7 Å². The molecule has 108 valence electrons. The summed E-state index contributed by atoms with van der Waals surface area (Å²) >= 11 is 0.866. The lowest BCUT2D eigenvalue weighted by atomic mass is 10.2. The van der Waals surface area contributed by atoms with Gasteiger partial charge in [-0.05, 0) is 5.92 Å². The highest BCUT2D eigenvalue weighted by molar-refractivity contribution is 7.99. The van der Waals surface area contributed by atoms with Crippen LogP contribution in [0, 0.1) is 5.92 Å². The van der Waals surface area contributed by atoms with Gasteiger partial charge in [-0.2, -0.15) is 13.2 Å². The third-order valence-corrected chi connectivity index (χ3v) is 2.98. The zero-order valence-corrected chi connectivity index (χ0v) is 11.3. The highest BCUT2D eigenvalue weighted by Gasteiger charge is 2.31. The van der Waals surface area contributed by atoms with E-state index in [2.05, 4.69) is 10.2 Å². The zero-order valence-electron chi connectivity index (χ0n) is 10.4. The first-order valence-electron chi connectivity index (χ1n) is 5.52. The van der Waals surface area contributed by atoms with E-state index in [0.29, 0.717) is 6.54 Å². The van der Waals surface area contributed by atoms with E-state index >= 15 is 0 Å². The highest BCUT2D eigenvalue weighted by Crippen LogP contribution is 2.24. The van der Waals surface area contributed by atoms with Crippen LogP contribution < -0.4 is 0 Å². The number of hydrogen-bond acceptors (Lipinski definition) is 4. The third-order valence-electron chi connectivity index (χ3n) is 2.02. The smallest absolute Gasteiger partial charge is 0.396 e. The molecule has 0 aliphatic heterocycles. The summed E-state index contributed by atoms with van der Waals surface area (Å²) in [6.07, 6.45) is -5.53. The lowest BCUT2D eigenvalue weighted by Crippen LogP contribution is -2.18. The number of nitrogens with zero attached hydrogens (tertiary/aromatic N) is 3. The summed E-state index contributed by atoms with van der Waals surface area (Å²) in [6, 6.07) is 0. The number of carboxylic acids is 1. The molecule has 1 N–H and O–H groups in total. The molecule has 1 rings (SSSR count). The molecule has 0 unspecified atom stereocenters. The fraction of sp³-hybridized carbons (Fsp3) is 0.700. The predicted octanol–water partition coefficient (Wildman–Crippen LogP) is 2.22. The molecule has 0 saturated heterocycles. The van der Waals surface area contributed by atoms with Gasteiger partial charge in [0.05, 0.1) is 5.75 Å². The Morgan fingerprint density at radius 2 is 2.05 bits per heavy atom. The molecule has 0 aromatic carbocycles. The Hall–Kier alpha value is -1.25. The van der Waals surface area contributed by atoms with E-state index in [1.807, 2.05) is 13.8 Å². The van der Waals surface area contributed by atoms with Gasteiger partial charge in [0.2, 0.25) is 0 Å². The molecule has 1 aromatic rings. The number of hydrogen-bond donors (Lipinski definition) is 1. The molecule has 0 atom stereocenters. The molecule has 0 saturated carbocycles. The Kier molecular flexibility index (Phi) is 5.21. The Morgan fingerprint density at radius 1 is 1.42 bits per heavy atom. The molecular weight excluding hydrogens is 283 g/mol. The number of halogens is 3. The summed E-state index contributed by atoms with van der Waals surface area (Å²) < 4.78 is 38.5. The minimum Gasteiger partial charge on any atom is -0.481 e. The molecule has 0 aliphatic carbocycles. The van der Waals surface area contributed by atoms with Crippen LogP contribution in [-0.4, -0.2) is 37.8 Å². The minimum atomic E-state index is -4.36. The number of rotatable bonds is 6. The van der Waals surface area contributed by atoms with Crippen molar-refractivity contribution in [2.24, 2.45) is 5.92 Å². The summed E-state index contributed by atoms with van der Waals surface area (Å²) in [5.74, 6) is -1.40. The second kappa shape index (κ2) is 6.27. The van der Waals surface area contributed by atoms with Crippen molar-refractivity contribution in [1.29, 1.82) is 0 Å². The normalized spacial score (nSPS) is 12.1. The van der Waals surface area contributed by atoms with Gasteiger partial charge in [-0.3, -0.25) is 4.79 Å². The maximum Gasteiger partial charge on any atom is 0.396 e. The van der Waals surface area contributed by atoms with E-state index in [1.165, 1.54) is 4.57 Å². The van der Waals surface area contributed by atoms with E-state index in [-0.39, 0.29) is 22.7 Å². The Bertz CT molecular complexity index is 446. The van der Waals surface area contributed by atoms with Gasteiger partial charge in [0.15, 0.2) is 5.16 Å². The number of carboxylic acid groups (broad SMARTS) is 1. The van der Waals surface area contributed by atoms with Crippen LogP contribution in [0.2, 0.25) is 0 Å². The van der Waals surface area contributed by atoms with Gasteiger partial charge >= 0.3 is 12.1 Å². The quantitative estimate of drug-likeness (QED) is 0.815. The van der Waals surface area contributed by atoms with Crippen LogP contribution in [0.15, 0.2) is 5.16 Å². The van der Waals surface area contributed by atoms with Crippen molar-refractivity contribution >= 4 is 17.7 Å². The molecule has 1 aromatic heterocycles. The molecule has 9 heteroatoms. The molecule has 0 amide bonds. The van der Waals surface area contributed by atoms with Gasteiger partial charge in [0.1, 0.15) is 12.2 Å². The molecule has 0 radical (unpaired) electrons. The molecular formula is C10H14F3N3O2S. The van der Waals surface area contributed by atoms with Crippen LogP contribution in [0.3, 0.4) is 0 Å².